The van der Waals surface area contributed by atoms with Crippen LogP contribution in [0, 0.1) is 5.92 Å². The molecule has 4 aliphatic rings. The van der Waals surface area contributed by atoms with E-state index in [-0.39, 0.29) is 0 Å². The molecule has 6 nitrogen and oxygen atoms in total. The molecule has 1 amide bonds. The molecule has 0 aromatic carbocycles. The Kier molecular flexibility index (Phi) is 4.85. The topological polar surface area (TPSA) is 44.6 Å². The number of piperazine rings is 1. The van der Waals surface area contributed by atoms with Crippen LogP contribution in [0.25, 0.3) is 0 Å². The van der Waals surface area contributed by atoms with E-state index < -0.39 is 0 Å². The number of aryl methyl sites for hydroxylation is 1. The molecule has 24 heavy (non-hydrogen) atoms. The van der Waals surface area contributed by atoms with E-state index in [2.05, 4.69) is 19.8 Å². The fourth-order valence-corrected chi connectivity index (χ4v) is 4.63. The molecule has 1 aromatic rings. The van der Waals surface area contributed by atoms with Gasteiger partial charge in [-0.25, -0.2) is 0 Å². The molecule has 4 fully saturated rings. The third-order valence-electron chi connectivity index (χ3n) is 6.09. The molecular formula is C18H29N5O. The summed E-state index contributed by atoms with van der Waals surface area (Å²) in [6.07, 6.45) is 8.00. The van der Waals surface area contributed by atoms with Crippen LogP contribution in [0.1, 0.15) is 25.7 Å². The number of carbonyl (C=O) groups is 1. The number of aromatic nitrogens is 2. The molecule has 5 rings (SSSR count). The Morgan fingerprint density at radius 1 is 1.08 bits per heavy atom. The van der Waals surface area contributed by atoms with Crippen LogP contribution in [-0.4, -0.2) is 82.2 Å². The van der Waals surface area contributed by atoms with E-state index in [9.17, 15) is 4.79 Å². The molecule has 0 aliphatic carbocycles. The predicted octanol–water partition coefficient (Wildman–Crippen LogP) is 0.902. The molecule has 2 bridgehead atoms. The van der Waals surface area contributed by atoms with Gasteiger partial charge in [0, 0.05) is 64.1 Å². The highest BCUT2D eigenvalue weighted by Crippen LogP contribution is 2.31. The van der Waals surface area contributed by atoms with Gasteiger partial charge in [-0.2, -0.15) is 5.10 Å². The first kappa shape index (κ1) is 16.1. The molecule has 0 saturated carbocycles. The van der Waals surface area contributed by atoms with Crippen LogP contribution in [0.4, 0.5) is 0 Å². The molecule has 5 heterocycles. The summed E-state index contributed by atoms with van der Waals surface area (Å²) in [6.45, 7) is 8.61. The summed E-state index contributed by atoms with van der Waals surface area (Å²) in [5.41, 5.74) is 0. The van der Waals surface area contributed by atoms with Gasteiger partial charge < -0.3 is 9.80 Å². The van der Waals surface area contributed by atoms with Gasteiger partial charge in [0.2, 0.25) is 5.91 Å². The van der Waals surface area contributed by atoms with E-state index in [1.807, 2.05) is 16.9 Å². The van der Waals surface area contributed by atoms with Crippen molar-refractivity contribution in [2.75, 3.05) is 45.8 Å². The highest BCUT2D eigenvalue weighted by Gasteiger charge is 2.38. The third kappa shape index (κ3) is 3.49. The van der Waals surface area contributed by atoms with Gasteiger partial charge in [-0.3, -0.25) is 14.4 Å². The minimum absolute atomic E-state index is 0.315. The van der Waals surface area contributed by atoms with E-state index in [0.29, 0.717) is 12.3 Å². The Balaban J connectivity index is 1.20. The molecule has 0 radical (unpaired) electrons. The van der Waals surface area contributed by atoms with Crippen LogP contribution >= 0.6 is 0 Å². The number of nitrogens with zero attached hydrogens (tertiary/aromatic N) is 5. The van der Waals surface area contributed by atoms with Crippen molar-refractivity contribution in [3.63, 3.8) is 0 Å². The van der Waals surface area contributed by atoms with Crippen LogP contribution < -0.4 is 0 Å². The van der Waals surface area contributed by atoms with Crippen LogP contribution in [0.3, 0.4) is 0 Å². The first-order chi connectivity index (χ1) is 11.8. The van der Waals surface area contributed by atoms with Crippen LogP contribution in [0.2, 0.25) is 0 Å². The van der Waals surface area contributed by atoms with E-state index in [4.69, 9.17) is 0 Å². The summed E-state index contributed by atoms with van der Waals surface area (Å²) in [4.78, 5) is 19.8. The standard InChI is InChI=1S/C18H29N5O/c24-18(3-1-7-23-8-2-6-19-23)22-13-11-21(12-14-22)17-15-20-9-4-16(17)5-10-20/h2,6,8,16-17H,1,3-5,7,9-15H2. The average Bonchev–Trinajstić information content (AvgIpc) is 3.16. The molecule has 1 unspecified atom stereocenters. The summed E-state index contributed by atoms with van der Waals surface area (Å²) in [6, 6.07) is 2.67. The van der Waals surface area contributed by atoms with Gasteiger partial charge in [0.05, 0.1) is 0 Å². The van der Waals surface area contributed by atoms with Gasteiger partial charge >= 0.3 is 0 Å². The lowest BCUT2D eigenvalue weighted by molar-refractivity contribution is -0.134. The largest absolute Gasteiger partial charge is 0.340 e. The van der Waals surface area contributed by atoms with Gasteiger partial charge in [-0.1, -0.05) is 0 Å². The van der Waals surface area contributed by atoms with E-state index in [0.717, 1.165) is 51.1 Å². The Hall–Kier alpha value is -1.40. The maximum Gasteiger partial charge on any atom is 0.222 e. The molecule has 0 spiro atoms. The summed E-state index contributed by atoms with van der Waals surface area (Å²) in [5, 5.41) is 4.19. The van der Waals surface area contributed by atoms with Crippen molar-refractivity contribution in [3.8, 4) is 0 Å². The van der Waals surface area contributed by atoms with Crippen LogP contribution in [-0.2, 0) is 11.3 Å². The van der Waals surface area contributed by atoms with Crippen molar-refractivity contribution in [2.24, 2.45) is 5.92 Å². The Morgan fingerprint density at radius 3 is 2.50 bits per heavy atom. The fourth-order valence-electron chi connectivity index (χ4n) is 4.63. The fraction of sp³-hybridized carbons (Fsp3) is 0.778. The lowest BCUT2D eigenvalue weighted by atomic mass is 9.83. The number of piperidine rings is 3. The quantitative estimate of drug-likeness (QED) is 0.804. The smallest absolute Gasteiger partial charge is 0.222 e. The van der Waals surface area contributed by atoms with Gasteiger partial charge in [-0.15, -0.1) is 0 Å². The van der Waals surface area contributed by atoms with Crippen molar-refractivity contribution in [1.29, 1.82) is 0 Å². The maximum absolute atomic E-state index is 12.4. The van der Waals surface area contributed by atoms with E-state index in [1.165, 1.54) is 32.5 Å². The number of fused-ring (bicyclic) bond motifs is 3. The Morgan fingerprint density at radius 2 is 1.88 bits per heavy atom. The minimum atomic E-state index is 0.315. The number of hydrogen-bond acceptors (Lipinski definition) is 4. The summed E-state index contributed by atoms with van der Waals surface area (Å²) >= 11 is 0. The first-order valence-corrected chi connectivity index (χ1v) is 9.51. The van der Waals surface area contributed by atoms with E-state index >= 15 is 0 Å². The monoisotopic (exact) mass is 331 g/mol. The highest BCUT2D eigenvalue weighted by molar-refractivity contribution is 5.76. The first-order valence-electron chi connectivity index (χ1n) is 9.51. The van der Waals surface area contributed by atoms with Gasteiger partial charge in [-0.05, 0) is 44.3 Å². The second-order valence-electron chi connectivity index (χ2n) is 7.49. The number of rotatable bonds is 5. The number of amides is 1. The lowest BCUT2D eigenvalue weighted by Gasteiger charge is -2.51. The number of carbonyl (C=O) groups excluding carboxylic acids is 1. The zero-order valence-corrected chi connectivity index (χ0v) is 14.5. The normalized spacial score (nSPS) is 30.7. The van der Waals surface area contributed by atoms with Gasteiger partial charge in [0.25, 0.3) is 0 Å². The Bertz CT molecular complexity index is 530. The zero-order valence-electron chi connectivity index (χ0n) is 14.5. The van der Waals surface area contributed by atoms with Gasteiger partial charge in [0.15, 0.2) is 0 Å². The van der Waals surface area contributed by atoms with E-state index in [1.54, 1.807) is 6.20 Å². The molecule has 6 heteroatoms. The van der Waals surface area contributed by atoms with Crippen LogP contribution in [0.15, 0.2) is 18.5 Å². The van der Waals surface area contributed by atoms with Crippen molar-refractivity contribution in [3.05, 3.63) is 18.5 Å². The zero-order chi connectivity index (χ0) is 16.4. The SMILES string of the molecule is O=C(CCCn1cccn1)N1CCN(C2CN3CCC2CC3)CC1. The summed E-state index contributed by atoms with van der Waals surface area (Å²) in [7, 11) is 0. The molecule has 4 saturated heterocycles. The molecule has 0 N–H and O–H groups in total. The predicted molar refractivity (Wildman–Crippen MR) is 92.6 cm³/mol. The average molecular weight is 331 g/mol. The van der Waals surface area contributed by atoms with Crippen molar-refractivity contribution < 1.29 is 4.79 Å². The third-order valence-corrected chi connectivity index (χ3v) is 6.09. The second-order valence-corrected chi connectivity index (χ2v) is 7.49. The summed E-state index contributed by atoms with van der Waals surface area (Å²) in [5.74, 6) is 1.21. The molecule has 1 atom stereocenters. The highest BCUT2D eigenvalue weighted by atomic mass is 16.2. The second kappa shape index (κ2) is 7.23. The van der Waals surface area contributed by atoms with Crippen LogP contribution in [0.5, 0.6) is 0 Å². The van der Waals surface area contributed by atoms with Gasteiger partial charge in [0.1, 0.15) is 0 Å². The van der Waals surface area contributed by atoms with Crippen molar-refractivity contribution in [2.45, 2.75) is 38.3 Å². The van der Waals surface area contributed by atoms with Crippen molar-refractivity contribution >= 4 is 5.91 Å². The molecule has 1 aromatic heterocycles. The molecular weight excluding hydrogens is 302 g/mol. The minimum Gasteiger partial charge on any atom is -0.340 e. The Labute approximate surface area is 144 Å². The maximum atomic E-state index is 12.4. The summed E-state index contributed by atoms with van der Waals surface area (Å²) < 4.78 is 1.90. The number of hydrogen-bond donors (Lipinski definition) is 0. The lowest BCUT2D eigenvalue weighted by Crippen LogP contribution is -2.61. The molecule has 132 valence electrons. The molecule has 4 aliphatic heterocycles. The van der Waals surface area contributed by atoms with Crippen molar-refractivity contribution in [1.82, 2.24) is 24.5 Å².